The second-order valence-electron chi connectivity index (χ2n) is 8.70. The quantitative estimate of drug-likeness (QED) is 0.0776. The molecular formula is C23H34N9O6P. The molecule has 0 unspecified atom stereocenters. The minimum Gasteiger partial charge on any atom is -0.370 e. The summed E-state index contributed by atoms with van der Waals surface area (Å²) >= 11 is 0. The van der Waals surface area contributed by atoms with Gasteiger partial charge in [-0.05, 0) is 43.6 Å². The molecule has 1 aliphatic heterocycles. The van der Waals surface area contributed by atoms with E-state index in [4.69, 9.17) is 11.5 Å². The average Bonchev–Trinajstić information content (AvgIpc) is 2.88. The van der Waals surface area contributed by atoms with Crippen molar-refractivity contribution in [2.75, 3.05) is 51.4 Å². The van der Waals surface area contributed by atoms with E-state index in [1.807, 2.05) is 13.3 Å². The third-order valence-electron chi connectivity index (χ3n) is 5.34. The van der Waals surface area contributed by atoms with Crippen molar-refractivity contribution in [1.82, 2.24) is 26.6 Å². The number of rotatable bonds is 5. The molecule has 6 amide bonds. The summed E-state index contributed by atoms with van der Waals surface area (Å²) in [5.41, 5.74) is 11.3. The van der Waals surface area contributed by atoms with Gasteiger partial charge in [0, 0.05) is 17.8 Å². The minimum atomic E-state index is -1.01. The molecule has 0 saturated carbocycles. The van der Waals surface area contributed by atoms with Gasteiger partial charge < -0.3 is 43.4 Å². The van der Waals surface area contributed by atoms with Crippen LogP contribution in [0.5, 0.6) is 0 Å². The molecule has 0 aliphatic carbocycles. The summed E-state index contributed by atoms with van der Waals surface area (Å²) in [5.74, 6) is -3.75. The van der Waals surface area contributed by atoms with Gasteiger partial charge in [-0.25, -0.2) is 0 Å². The lowest BCUT2D eigenvalue weighted by Gasteiger charge is -2.20. The lowest BCUT2D eigenvalue weighted by molar-refractivity contribution is -0.129. The molecule has 0 fully saturated rings. The van der Waals surface area contributed by atoms with Crippen LogP contribution in [0.4, 0.5) is 5.69 Å². The predicted octanol–water partition coefficient (Wildman–Crippen LogP) is -3.38. The van der Waals surface area contributed by atoms with Gasteiger partial charge >= 0.3 is 0 Å². The molecule has 15 nitrogen and oxygen atoms in total. The van der Waals surface area contributed by atoms with Crippen molar-refractivity contribution in [3.63, 3.8) is 0 Å². The minimum absolute atomic E-state index is 0.107. The van der Waals surface area contributed by atoms with E-state index in [9.17, 15) is 28.8 Å². The third-order valence-corrected chi connectivity index (χ3v) is 6.69. The maximum Gasteiger partial charge on any atom is 0.252 e. The summed E-state index contributed by atoms with van der Waals surface area (Å²) in [6, 6.07) is 3.84. The van der Waals surface area contributed by atoms with Crippen LogP contribution in [-0.2, 0) is 24.0 Å². The molecule has 1 heterocycles. The Morgan fingerprint density at radius 1 is 0.872 bits per heavy atom. The molecule has 10 N–H and O–H groups in total. The van der Waals surface area contributed by atoms with E-state index in [1.54, 1.807) is 12.1 Å². The van der Waals surface area contributed by atoms with Crippen LogP contribution in [0.2, 0.25) is 0 Å². The highest BCUT2D eigenvalue weighted by molar-refractivity contribution is 7.64. The normalized spacial score (nSPS) is 18.1. The summed E-state index contributed by atoms with van der Waals surface area (Å²) in [6.45, 7) is 2.45. The highest BCUT2D eigenvalue weighted by Crippen LogP contribution is 2.27. The Labute approximate surface area is 226 Å². The second-order valence-corrected chi connectivity index (χ2v) is 11.0. The molecular weight excluding hydrogens is 529 g/mol. The largest absolute Gasteiger partial charge is 0.370 e. The molecule has 1 aromatic carbocycles. The number of aliphatic imine (C=N–C) groups is 1. The molecule has 1 atom stereocenters. The molecule has 39 heavy (non-hydrogen) atoms. The SMILES string of the molecule is CP(C)c1ccc2cc1C(=O)NCC(=O)NCC(=O)NCC(=O)NCC(=O)N[C@@H](CCCN=C(N)N)C(=O)N2. The molecule has 16 heteroatoms. The molecule has 2 rings (SSSR count). The van der Waals surface area contributed by atoms with Gasteiger partial charge in [-0.3, -0.25) is 33.8 Å². The van der Waals surface area contributed by atoms with Crippen LogP contribution in [0, 0.1) is 0 Å². The molecule has 2 bridgehead atoms. The van der Waals surface area contributed by atoms with E-state index >= 15 is 0 Å². The number of fused-ring (bicyclic) bond motifs is 2. The Bertz CT molecular complexity index is 1140. The number of hydrogen-bond donors (Lipinski definition) is 8. The molecule has 0 aromatic heterocycles. The van der Waals surface area contributed by atoms with Crippen molar-refractivity contribution in [3.8, 4) is 0 Å². The molecule has 1 aliphatic rings. The number of amides is 6. The van der Waals surface area contributed by atoms with E-state index in [1.165, 1.54) is 6.07 Å². The topological polar surface area (TPSA) is 239 Å². The Morgan fingerprint density at radius 2 is 1.44 bits per heavy atom. The van der Waals surface area contributed by atoms with E-state index < -0.39 is 75.6 Å². The molecule has 212 valence electrons. The number of benzene rings is 1. The third kappa shape index (κ3) is 10.9. The van der Waals surface area contributed by atoms with Gasteiger partial charge in [0.1, 0.15) is 6.04 Å². The fourth-order valence-electron chi connectivity index (χ4n) is 3.41. The van der Waals surface area contributed by atoms with E-state index in [0.29, 0.717) is 12.1 Å². The summed E-state index contributed by atoms with van der Waals surface area (Å²) in [5, 5.41) is 15.5. The second kappa shape index (κ2) is 15.2. The molecule has 0 spiro atoms. The fourth-order valence-corrected chi connectivity index (χ4v) is 4.43. The standard InChI is InChI=1S/C23H34N9O6P/c1-39(2)16-6-5-13-8-14(16)21(37)30-11-19(35)28-9-17(33)27-10-18(34)29-12-20(36)32-15(22(38)31-13)4-3-7-26-23(24)25/h5-6,8,15H,3-4,7,9-12H2,1-2H3,(H,27,33)(H,28,35)(H,29,34)(H,30,37)(H,31,38)(H,32,36)(H4,24,25,26)/t15-/m0/s1. The van der Waals surface area contributed by atoms with Gasteiger partial charge in [0.05, 0.1) is 26.2 Å². The number of nitrogens with two attached hydrogens (primary N) is 2. The summed E-state index contributed by atoms with van der Waals surface area (Å²) < 4.78 is 0. The maximum absolute atomic E-state index is 13.1. The van der Waals surface area contributed by atoms with Gasteiger partial charge in [-0.2, -0.15) is 0 Å². The zero-order valence-electron chi connectivity index (χ0n) is 21.8. The van der Waals surface area contributed by atoms with E-state index in [2.05, 4.69) is 36.9 Å². The van der Waals surface area contributed by atoms with Crippen molar-refractivity contribution in [2.45, 2.75) is 18.9 Å². The highest BCUT2D eigenvalue weighted by atomic mass is 31.1. The number of nitrogens with one attached hydrogen (secondary N) is 6. The Hall–Kier alpha value is -4.26. The molecule has 0 saturated heterocycles. The van der Waals surface area contributed by atoms with Gasteiger partial charge in [0.2, 0.25) is 29.5 Å². The zero-order valence-corrected chi connectivity index (χ0v) is 22.7. The van der Waals surface area contributed by atoms with Crippen molar-refractivity contribution in [3.05, 3.63) is 23.8 Å². The Morgan fingerprint density at radius 3 is 2.00 bits per heavy atom. The van der Waals surface area contributed by atoms with Crippen LogP contribution in [0.15, 0.2) is 23.2 Å². The van der Waals surface area contributed by atoms with Crippen LogP contribution in [0.25, 0.3) is 0 Å². The van der Waals surface area contributed by atoms with Crippen LogP contribution in [0.3, 0.4) is 0 Å². The highest BCUT2D eigenvalue weighted by Gasteiger charge is 2.23. The zero-order chi connectivity index (χ0) is 28.9. The van der Waals surface area contributed by atoms with Crippen LogP contribution in [0.1, 0.15) is 23.2 Å². The van der Waals surface area contributed by atoms with Crippen molar-refractivity contribution in [2.24, 2.45) is 16.5 Å². The first-order valence-electron chi connectivity index (χ1n) is 12.0. The molecule has 0 radical (unpaired) electrons. The fraction of sp³-hybridized carbons (Fsp3) is 0.435. The van der Waals surface area contributed by atoms with E-state index in [0.717, 1.165) is 5.30 Å². The van der Waals surface area contributed by atoms with Crippen LogP contribution in [-0.4, -0.2) is 93.5 Å². The van der Waals surface area contributed by atoms with Crippen molar-refractivity contribution >= 4 is 60.3 Å². The van der Waals surface area contributed by atoms with Crippen molar-refractivity contribution in [1.29, 1.82) is 0 Å². The van der Waals surface area contributed by atoms with Crippen LogP contribution < -0.4 is 48.7 Å². The summed E-state index contributed by atoms with van der Waals surface area (Å²) in [7, 11) is -0.718. The van der Waals surface area contributed by atoms with Crippen LogP contribution >= 0.6 is 7.92 Å². The van der Waals surface area contributed by atoms with Gasteiger partial charge in [0.25, 0.3) is 5.91 Å². The molecule has 1 aromatic rings. The summed E-state index contributed by atoms with van der Waals surface area (Å²) in [4.78, 5) is 78.4. The maximum atomic E-state index is 13.1. The predicted molar refractivity (Wildman–Crippen MR) is 147 cm³/mol. The van der Waals surface area contributed by atoms with Gasteiger partial charge in [0.15, 0.2) is 5.96 Å². The Kier molecular flexibility index (Phi) is 12.1. The van der Waals surface area contributed by atoms with E-state index in [-0.39, 0.29) is 24.5 Å². The van der Waals surface area contributed by atoms with Crippen molar-refractivity contribution < 1.29 is 28.8 Å². The lowest BCUT2D eigenvalue weighted by atomic mass is 10.1. The monoisotopic (exact) mass is 563 g/mol. The number of nitrogens with zero attached hydrogens (tertiary/aromatic N) is 1. The number of anilines is 1. The Balaban J connectivity index is 2.32. The summed E-state index contributed by atoms with van der Waals surface area (Å²) in [6.07, 6.45) is 0.535. The smallest absolute Gasteiger partial charge is 0.252 e. The number of carbonyl (C=O) groups excluding carboxylic acids is 6. The first-order chi connectivity index (χ1) is 18.5. The lowest BCUT2D eigenvalue weighted by Crippen LogP contribution is -2.49. The first-order valence-corrected chi connectivity index (χ1v) is 14.2. The number of guanidine groups is 1. The first kappa shape index (κ1) is 31.0. The number of carbonyl (C=O) groups is 6. The average molecular weight is 564 g/mol. The van der Waals surface area contributed by atoms with Gasteiger partial charge in [-0.15, -0.1) is 0 Å². The van der Waals surface area contributed by atoms with Gasteiger partial charge in [-0.1, -0.05) is 14.0 Å². The number of hydrogen-bond acceptors (Lipinski definition) is 7.